The van der Waals surface area contributed by atoms with Crippen LogP contribution in [0.15, 0.2) is 10.9 Å². The third-order valence-electron chi connectivity index (χ3n) is 3.30. The van der Waals surface area contributed by atoms with Crippen molar-refractivity contribution in [2.45, 2.75) is 37.6 Å². The van der Waals surface area contributed by atoms with Gasteiger partial charge in [-0.25, -0.2) is 0 Å². The van der Waals surface area contributed by atoms with E-state index in [2.05, 4.69) is 22.0 Å². The summed E-state index contributed by atoms with van der Waals surface area (Å²) in [5.41, 5.74) is 3.65. The fourth-order valence-electron chi connectivity index (χ4n) is 2.48. The van der Waals surface area contributed by atoms with Crippen LogP contribution in [0.2, 0.25) is 0 Å². The molecule has 0 unspecified atom stereocenters. The van der Waals surface area contributed by atoms with E-state index in [9.17, 15) is 4.79 Å². The molecule has 0 saturated heterocycles. The number of hydrogen-bond donors (Lipinski definition) is 0. The SMILES string of the molecule is COCCCn1c2c(cc(CBr)c1=O)CCC2. The number of alkyl halides is 1. The second kappa shape index (κ2) is 5.83. The number of nitrogens with zero attached hydrogens (tertiary/aromatic N) is 1. The van der Waals surface area contributed by atoms with Gasteiger partial charge in [-0.15, -0.1) is 0 Å². The zero-order chi connectivity index (χ0) is 12.3. The van der Waals surface area contributed by atoms with Crippen LogP contribution in [0.1, 0.15) is 29.7 Å². The minimum atomic E-state index is 0.165. The molecular formula is C13H18BrNO2. The van der Waals surface area contributed by atoms with E-state index in [0.29, 0.717) is 11.9 Å². The van der Waals surface area contributed by atoms with E-state index in [1.54, 1.807) is 7.11 Å². The molecule has 0 saturated carbocycles. The lowest BCUT2D eigenvalue weighted by molar-refractivity contribution is 0.189. The molecule has 3 nitrogen and oxygen atoms in total. The lowest BCUT2D eigenvalue weighted by atomic mass is 10.1. The van der Waals surface area contributed by atoms with Crippen molar-refractivity contribution in [3.8, 4) is 0 Å². The highest BCUT2D eigenvalue weighted by molar-refractivity contribution is 9.08. The maximum Gasteiger partial charge on any atom is 0.254 e. The Morgan fingerprint density at radius 1 is 1.47 bits per heavy atom. The van der Waals surface area contributed by atoms with Crippen molar-refractivity contribution in [2.75, 3.05) is 13.7 Å². The highest BCUT2D eigenvalue weighted by Gasteiger charge is 2.18. The van der Waals surface area contributed by atoms with Crippen LogP contribution >= 0.6 is 15.9 Å². The van der Waals surface area contributed by atoms with Gasteiger partial charge in [0.2, 0.25) is 0 Å². The summed E-state index contributed by atoms with van der Waals surface area (Å²) in [5, 5.41) is 0.642. The quantitative estimate of drug-likeness (QED) is 0.617. The molecule has 2 rings (SSSR count). The van der Waals surface area contributed by atoms with Crippen LogP contribution in [0, 0.1) is 0 Å². The third kappa shape index (κ3) is 2.63. The molecule has 0 atom stereocenters. The Morgan fingerprint density at radius 3 is 3.00 bits per heavy atom. The maximum absolute atomic E-state index is 12.2. The first-order valence-electron chi connectivity index (χ1n) is 6.07. The lowest BCUT2D eigenvalue weighted by Crippen LogP contribution is -2.27. The number of hydrogen-bond acceptors (Lipinski definition) is 2. The van der Waals surface area contributed by atoms with Gasteiger partial charge in [0, 0.05) is 36.8 Å². The maximum atomic E-state index is 12.2. The molecule has 4 heteroatoms. The minimum Gasteiger partial charge on any atom is -0.385 e. The molecule has 1 heterocycles. The average molecular weight is 300 g/mol. The van der Waals surface area contributed by atoms with Gasteiger partial charge in [-0.1, -0.05) is 15.9 Å². The second-order valence-corrected chi connectivity index (χ2v) is 4.99. The first-order valence-corrected chi connectivity index (χ1v) is 7.19. The van der Waals surface area contributed by atoms with Crippen LogP contribution < -0.4 is 5.56 Å². The van der Waals surface area contributed by atoms with Crippen LogP contribution in [0.4, 0.5) is 0 Å². The second-order valence-electron chi connectivity index (χ2n) is 4.43. The number of aryl methyl sites for hydroxylation is 1. The van der Waals surface area contributed by atoms with Gasteiger partial charge in [-0.3, -0.25) is 4.79 Å². The normalized spacial score (nSPS) is 14.0. The van der Waals surface area contributed by atoms with Gasteiger partial charge in [0.25, 0.3) is 5.56 Å². The predicted octanol–water partition coefficient (Wildman–Crippen LogP) is 2.27. The summed E-state index contributed by atoms with van der Waals surface area (Å²) >= 11 is 3.39. The predicted molar refractivity (Wildman–Crippen MR) is 71.9 cm³/mol. The van der Waals surface area contributed by atoms with Gasteiger partial charge in [0.05, 0.1) is 0 Å². The first kappa shape index (κ1) is 12.8. The average Bonchev–Trinajstić information content (AvgIpc) is 2.79. The topological polar surface area (TPSA) is 31.2 Å². The molecule has 0 aromatic carbocycles. The van der Waals surface area contributed by atoms with Crippen molar-refractivity contribution in [1.82, 2.24) is 4.57 Å². The van der Waals surface area contributed by atoms with Crippen LogP contribution in [-0.2, 0) is 29.5 Å². The van der Waals surface area contributed by atoms with Crippen LogP contribution in [0.3, 0.4) is 0 Å². The van der Waals surface area contributed by atoms with Gasteiger partial charge in [-0.2, -0.15) is 0 Å². The Balaban J connectivity index is 2.34. The van der Waals surface area contributed by atoms with E-state index >= 15 is 0 Å². The van der Waals surface area contributed by atoms with Gasteiger partial charge in [-0.05, 0) is 37.3 Å². The Hall–Kier alpha value is -0.610. The minimum absolute atomic E-state index is 0.165. The summed E-state index contributed by atoms with van der Waals surface area (Å²) in [5.74, 6) is 0. The molecule has 94 valence electrons. The fraction of sp³-hybridized carbons (Fsp3) is 0.615. The lowest BCUT2D eigenvalue weighted by Gasteiger charge is -2.13. The monoisotopic (exact) mass is 299 g/mol. The summed E-state index contributed by atoms with van der Waals surface area (Å²) in [6, 6.07) is 2.08. The molecule has 0 amide bonds. The highest BCUT2D eigenvalue weighted by Crippen LogP contribution is 2.22. The molecule has 1 aliphatic rings. The molecule has 17 heavy (non-hydrogen) atoms. The Bertz CT molecular complexity index is 453. The number of methoxy groups -OCH3 is 1. The number of halogens is 1. The van der Waals surface area contributed by atoms with Crippen molar-refractivity contribution < 1.29 is 4.74 Å². The van der Waals surface area contributed by atoms with Crippen molar-refractivity contribution in [3.63, 3.8) is 0 Å². The van der Waals surface area contributed by atoms with E-state index in [4.69, 9.17) is 4.74 Å². The number of aromatic nitrogens is 1. The van der Waals surface area contributed by atoms with E-state index < -0.39 is 0 Å². The highest BCUT2D eigenvalue weighted by atomic mass is 79.9. The fourth-order valence-corrected chi connectivity index (χ4v) is 2.88. The summed E-state index contributed by atoms with van der Waals surface area (Å²) in [7, 11) is 1.70. The first-order chi connectivity index (χ1) is 8.27. The smallest absolute Gasteiger partial charge is 0.254 e. The third-order valence-corrected chi connectivity index (χ3v) is 3.90. The van der Waals surface area contributed by atoms with Gasteiger partial charge in [0.1, 0.15) is 0 Å². The van der Waals surface area contributed by atoms with Crippen molar-refractivity contribution in [3.05, 3.63) is 33.2 Å². The molecule has 0 spiro atoms. The van der Waals surface area contributed by atoms with E-state index in [1.165, 1.54) is 17.7 Å². The van der Waals surface area contributed by atoms with E-state index in [0.717, 1.165) is 31.4 Å². The van der Waals surface area contributed by atoms with Crippen LogP contribution in [-0.4, -0.2) is 18.3 Å². The molecule has 0 radical (unpaired) electrons. The van der Waals surface area contributed by atoms with Crippen molar-refractivity contribution in [1.29, 1.82) is 0 Å². The zero-order valence-corrected chi connectivity index (χ0v) is 11.8. The largest absolute Gasteiger partial charge is 0.385 e. The number of pyridine rings is 1. The molecule has 0 N–H and O–H groups in total. The Labute approximate surface area is 110 Å². The summed E-state index contributed by atoms with van der Waals surface area (Å²) < 4.78 is 7.01. The summed E-state index contributed by atoms with van der Waals surface area (Å²) in [4.78, 5) is 12.2. The molecule has 0 bridgehead atoms. The molecule has 1 aliphatic carbocycles. The number of fused-ring (bicyclic) bond motifs is 1. The molecule has 0 fully saturated rings. The van der Waals surface area contributed by atoms with Crippen molar-refractivity contribution >= 4 is 15.9 Å². The molecule has 0 aliphatic heterocycles. The Morgan fingerprint density at radius 2 is 2.29 bits per heavy atom. The van der Waals surface area contributed by atoms with Gasteiger partial charge < -0.3 is 9.30 Å². The molecule has 1 aromatic heterocycles. The van der Waals surface area contributed by atoms with E-state index in [-0.39, 0.29) is 5.56 Å². The standard InChI is InChI=1S/C13H18BrNO2/c1-17-7-3-6-15-12-5-2-4-10(12)8-11(9-14)13(15)16/h8H,2-7,9H2,1H3. The summed E-state index contributed by atoms with van der Waals surface area (Å²) in [6.45, 7) is 1.48. The van der Waals surface area contributed by atoms with Crippen LogP contribution in [0.25, 0.3) is 0 Å². The van der Waals surface area contributed by atoms with Gasteiger partial charge in [0.15, 0.2) is 0 Å². The summed E-state index contributed by atoms with van der Waals surface area (Å²) in [6.07, 6.45) is 4.22. The van der Waals surface area contributed by atoms with Crippen molar-refractivity contribution in [2.24, 2.45) is 0 Å². The van der Waals surface area contributed by atoms with Crippen LogP contribution in [0.5, 0.6) is 0 Å². The number of ether oxygens (including phenoxy) is 1. The zero-order valence-electron chi connectivity index (χ0n) is 10.2. The molecular weight excluding hydrogens is 282 g/mol. The number of rotatable bonds is 5. The van der Waals surface area contributed by atoms with Gasteiger partial charge >= 0.3 is 0 Å². The molecule has 1 aromatic rings. The Kier molecular flexibility index (Phi) is 4.40. The van der Waals surface area contributed by atoms with E-state index in [1.807, 2.05) is 4.57 Å².